The first kappa shape index (κ1) is 75.4. The van der Waals surface area contributed by atoms with Gasteiger partial charge in [0.05, 0.1) is 11.4 Å². The van der Waals surface area contributed by atoms with Crippen molar-refractivity contribution in [2.75, 3.05) is 75.8 Å². The van der Waals surface area contributed by atoms with Crippen LogP contribution in [-0.2, 0) is 73.5 Å². The molecule has 0 aliphatic carbocycles. The van der Waals surface area contributed by atoms with Gasteiger partial charge in [0.25, 0.3) is 11.8 Å². The largest absolute Gasteiger partial charge is 0.444 e. The maximum Gasteiger partial charge on any atom is 0.407 e. The Labute approximate surface area is 550 Å². The molecule has 0 bridgehead atoms. The van der Waals surface area contributed by atoms with E-state index in [9.17, 15) is 47.9 Å². The normalized spacial score (nSPS) is 11.2. The second-order valence-corrected chi connectivity index (χ2v) is 24.6. The molecule has 0 fully saturated rings. The molecular formula is C64H99N19O11. The molecule has 0 saturated heterocycles. The van der Waals surface area contributed by atoms with Crippen molar-refractivity contribution >= 4 is 106 Å². The van der Waals surface area contributed by atoms with Crippen LogP contribution in [0.2, 0.25) is 0 Å². The SMILES string of the molecule is CCCCCCCCCCCCCCCC(=O)Nc1cn(C)c(C(=O)Nc2cc(NC(=O)CCC(=O)Nc3cn(C)c(C(=O)Nc4cc(NC(=O)CCC(=O)Nc5cn(C)c(NC(=O)CCC(=O)NCCCN(C)CCCNC(=O)OC(C)(C)C)n5)n(C)c4)n3)n(C)c2)n1. The molecule has 30 heteroatoms. The number of carbonyl (C=O) groups excluding carboxylic acids is 10. The Hall–Kier alpha value is -9.35. The fraction of sp³-hybridized carbons (Fsp3) is 0.578. The molecule has 0 spiro atoms. The Morgan fingerprint density at radius 3 is 1.23 bits per heavy atom. The van der Waals surface area contributed by atoms with E-state index in [1.807, 2.05) is 7.05 Å². The van der Waals surface area contributed by atoms with Gasteiger partial charge in [-0.15, -0.1) is 0 Å². The van der Waals surface area contributed by atoms with E-state index in [-0.39, 0.29) is 85.4 Å². The Balaban J connectivity index is 0.938. The van der Waals surface area contributed by atoms with Gasteiger partial charge in [0, 0.05) is 136 Å². The maximum absolute atomic E-state index is 13.3. The summed E-state index contributed by atoms with van der Waals surface area (Å²) in [5.41, 5.74) is 0.125. The lowest BCUT2D eigenvalue weighted by molar-refractivity contribution is -0.124. The number of carbonyl (C=O) groups is 10. The molecule has 0 saturated carbocycles. The van der Waals surface area contributed by atoms with Crippen LogP contribution in [0.25, 0.3) is 0 Å². The standard InChI is InChI=1S/C64H99N19O11/c1-11-12-13-14-15-16-17-18-19-20-21-22-23-26-52(85)69-46-41-81(8)58(72-46)60(91)67-44-37-49(79(6)39-44)75-55(88)31-29-53(86)70-47-42-82(9)59(73-47)61(92)68-45-38-50(80(7)40-45)76-56(89)32-30-54(87)71-48-43-83(10)62(74-48)77-57(90)28-27-51(84)65-33-24-35-78(5)36-25-34-66-63(93)94-64(2,3)4/h37-43H,11-36H2,1-10H3,(H,65,84)(H,66,93)(H,67,91)(H,68,92)(H,69,85)(H,70,86)(H,71,87)(H,75,88)(H,76,89)(H,74,77,90). The van der Waals surface area contributed by atoms with Gasteiger partial charge in [-0.05, 0) is 60.2 Å². The molecule has 516 valence electrons. The number of ether oxygens (including phenoxy) is 1. The summed E-state index contributed by atoms with van der Waals surface area (Å²) in [5.74, 6) is -2.77. The molecule has 0 atom stereocenters. The summed E-state index contributed by atoms with van der Waals surface area (Å²) in [7, 11) is 10.1. The minimum atomic E-state index is -0.628. The molecule has 5 aromatic rings. The number of unbranched alkanes of at least 4 members (excludes halogenated alkanes) is 12. The van der Waals surface area contributed by atoms with Crippen molar-refractivity contribution in [3.05, 3.63) is 54.8 Å². The van der Waals surface area contributed by atoms with Crippen molar-refractivity contribution in [1.82, 2.24) is 53.3 Å². The van der Waals surface area contributed by atoms with E-state index in [4.69, 9.17) is 4.74 Å². The second-order valence-electron chi connectivity index (χ2n) is 24.6. The van der Waals surface area contributed by atoms with Crippen LogP contribution in [0, 0.1) is 0 Å². The number of anilines is 8. The van der Waals surface area contributed by atoms with Crippen molar-refractivity contribution in [1.29, 1.82) is 0 Å². The van der Waals surface area contributed by atoms with Gasteiger partial charge in [-0.25, -0.2) is 14.8 Å². The van der Waals surface area contributed by atoms with Gasteiger partial charge in [0.2, 0.25) is 58.9 Å². The van der Waals surface area contributed by atoms with Gasteiger partial charge in [-0.2, -0.15) is 4.98 Å². The summed E-state index contributed by atoms with van der Waals surface area (Å²) in [6.07, 6.45) is 23.9. The zero-order chi connectivity index (χ0) is 68.7. The highest BCUT2D eigenvalue weighted by Crippen LogP contribution is 2.23. The first-order valence-corrected chi connectivity index (χ1v) is 32.5. The van der Waals surface area contributed by atoms with Gasteiger partial charge >= 0.3 is 6.09 Å². The van der Waals surface area contributed by atoms with E-state index in [2.05, 4.69) is 79.9 Å². The molecule has 5 aromatic heterocycles. The summed E-state index contributed by atoms with van der Waals surface area (Å²) < 4.78 is 12.8. The number of hydrogen-bond acceptors (Lipinski definition) is 15. The number of hydrogen-bond donors (Lipinski definition) is 10. The number of alkyl carbamates (subject to hydrolysis) is 1. The zero-order valence-corrected chi connectivity index (χ0v) is 56.4. The molecular weight excluding hydrogens is 1210 g/mol. The van der Waals surface area contributed by atoms with Gasteiger partial charge in [-0.1, -0.05) is 84.0 Å². The lowest BCUT2D eigenvalue weighted by atomic mass is 10.0. The minimum Gasteiger partial charge on any atom is -0.444 e. The van der Waals surface area contributed by atoms with E-state index < -0.39 is 53.0 Å². The van der Waals surface area contributed by atoms with Crippen molar-refractivity contribution < 1.29 is 52.7 Å². The smallest absolute Gasteiger partial charge is 0.407 e. The number of aromatic nitrogens is 8. The van der Waals surface area contributed by atoms with Crippen LogP contribution in [0.15, 0.2) is 43.1 Å². The molecule has 5 heterocycles. The Morgan fingerprint density at radius 2 is 0.787 bits per heavy atom. The number of rotatable bonds is 41. The van der Waals surface area contributed by atoms with Crippen molar-refractivity contribution in [3.63, 3.8) is 0 Å². The average molecular weight is 1310 g/mol. The molecule has 10 amide bonds. The summed E-state index contributed by atoms with van der Waals surface area (Å²) in [4.78, 5) is 143. The third-order valence-electron chi connectivity index (χ3n) is 14.8. The van der Waals surface area contributed by atoms with Crippen LogP contribution in [0.1, 0.15) is 190 Å². The Bertz CT molecular complexity index is 3350. The topological polar surface area (TPSA) is 367 Å². The minimum absolute atomic E-state index is 0.0391. The summed E-state index contributed by atoms with van der Waals surface area (Å²) in [5, 5.41) is 27.1. The molecule has 0 aromatic carbocycles. The van der Waals surface area contributed by atoms with Crippen LogP contribution < -0.4 is 53.2 Å². The van der Waals surface area contributed by atoms with Crippen LogP contribution >= 0.6 is 0 Å². The number of aryl methyl sites for hydroxylation is 5. The quantitative estimate of drug-likeness (QED) is 0.0165. The third kappa shape index (κ3) is 28.3. The molecule has 10 N–H and O–H groups in total. The van der Waals surface area contributed by atoms with E-state index in [1.165, 1.54) is 96.4 Å². The van der Waals surface area contributed by atoms with Gasteiger partial charge in [0.1, 0.15) is 17.2 Å². The fourth-order valence-electron chi connectivity index (χ4n) is 9.84. The highest BCUT2D eigenvalue weighted by molar-refractivity contribution is 6.05. The first-order valence-electron chi connectivity index (χ1n) is 32.5. The molecule has 30 nitrogen and oxygen atoms in total. The first-order chi connectivity index (χ1) is 44.7. The molecule has 0 aliphatic heterocycles. The second kappa shape index (κ2) is 38.6. The molecule has 0 unspecified atom stereocenters. The van der Waals surface area contributed by atoms with Crippen molar-refractivity contribution in [3.8, 4) is 0 Å². The highest BCUT2D eigenvalue weighted by Gasteiger charge is 2.22. The van der Waals surface area contributed by atoms with Gasteiger partial charge in [-0.3, -0.25) is 48.5 Å². The highest BCUT2D eigenvalue weighted by atomic mass is 16.6. The number of amides is 10. The lowest BCUT2D eigenvalue weighted by Gasteiger charge is -2.20. The monoisotopic (exact) mass is 1310 g/mol. The predicted molar refractivity (Wildman–Crippen MR) is 360 cm³/mol. The van der Waals surface area contributed by atoms with Gasteiger partial charge < -0.3 is 80.3 Å². The predicted octanol–water partition coefficient (Wildman–Crippen LogP) is 8.27. The molecule has 0 aliphatic rings. The van der Waals surface area contributed by atoms with Crippen LogP contribution in [0.3, 0.4) is 0 Å². The zero-order valence-electron chi connectivity index (χ0n) is 56.4. The van der Waals surface area contributed by atoms with Crippen molar-refractivity contribution in [2.45, 2.75) is 175 Å². The Kier molecular flexibility index (Phi) is 31.0. The number of nitrogens with zero attached hydrogens (tertiary/aromatic N) is 9. The number of imidazole rings is 3. The average Bonchev–Trinajstić information content (AvgIpc) is 1.73. The third-order valence-corrected chi connectivity index (χ3v) is 14.8. The van der Waals surface area contributed by atoms with E-state index in [1.54, 1.807) is 89.8 Å². The molecule has 5 rings (SSSR count). The maximum atomic E-state index is 13.3. The molecule has 0 radical (unpaired) electrons. The van der Waals surface area contributed by atoms with E-state index in [0.29, 0.717) is 48.9 Å². The van der Waals surface area contributed by atoms with E-state index in [0.717, 1.165) is 38.8 Å². The Morgan fingerprint density at radius 1 is 0.415 bits per heavy atom. The fourth-order valence-corrected chi connectivity index (χ4v) is 9.84. The summed E-state index contributed by atoms with van der Waals surface area (Å²) >= 11 is 0. The number of nitrogens with one attached hydrogen (secondary N) is 10. The van der Waals surface area contributed by atoms with E-state index >= 15 is 0 Å². The summed E-state index contributed by atoms with van der Waals surface area (Å²) in [6.45, 7) is 10.0. The van der Waals surface area contributed by atoms with Crippen LogP contribution in [0.5, 0.6) is 0 Å². The molecule has 94 heavy (non-hydrogen) atoms. The van der Waals surface area contributed by atoms with Crippen molar-refractivity contribution in [2.24, 2.45) is 35.2 Å². The summed E-state index contributed by atoms with van der Waals surface area (Å²) in [6, 6.07) is 3.07. The van der Waals surface area contributed by atoms with Crippen LogP contribution in [0.4, 0.5) is 51.2 Å². The van der Waals surface area contributed by atoms with Crippen LogP contribution in [-0.4, -0.2) is 141 Å². The van der Waals surface area contributed by atoms with Gasteiger partial charge in [0.15, 0.2) is 17.5 Å². The lowest BCUT2D eigenvalue weighted by Crippen LogP contribution is -2.34.